The van der Waals surface area contributed by atoms with E-state index in [1.165, 1.54) is 5.56 Å². The number of hydrogen-bond acceptors (Lipinski definition) is 4. The zero-order valence-electron chi connectivity index (χ0n) is 16.8. The number of hydrogen-bond donors (Lipinski definition) is 1. The van der Waals surface area contributed by atoms with E-state index in [0.717, 1.165) is 44.2 Å². The van der Waals surface area contributed by atoms with Crippen molar-refractivity contribution < 1.29 is 4.79 Å². The molecule has 2 aromatic rings. The lowest BCUT2D eigenvalue weighted by Crippen LogP contribution is -2.46. The second-order valence-corrected chi connectivity index (χ2v) is 8.11. The maximum atomic E-state index is 12.7. The van der Waals surface area contributed by atoms with E-state index in [0.29, 0.717) is 5.56 Å². The van der Waals surface area contributed by atoms with Gasteiger partial charge in [0.05, 0.1) is 0 Å². The molecule has 0 aliphatic carbocycles. The summed E-state index contributed by atoms with van der Waals surface area (Å²) < 4.78 is 0. The van der Waals surface area contributed by atoms with Gasteiger partial charge in [-0.2, -0.15) is 0 Å². The molecule has 1 N–H and O–H groups in total. The predicted molar refractivity (Wildman–Crippen MR) is 112 cm³/mol. The van der Waals surface area contributed by atoms with Crippen molar-refractivity contribution in [1.29, 1.82) is 0 Å². The number of amides is 1. The SMILES string of the molecule is CCN1CCN(c2cc(C(=O)Nc3ccc(C(C)(C)C)cc3)ccn2)CC1. The normalized spacial score (nSPS) is 15.6. The van der Waals surface area contributed by atoms with Crippen LogP contribution in [0.3, 0.4) is 0 Å². The van der Waals surface area contributed by atoms with Gasteiger partial charge in [0.2, 0.25) is 0 Å². The maximum absolute atomic E-state index is 12.7. The van der Waals surface area contributed by atoms with Gasteiger partial charge in [0, 0.05) is 43.6 Å². The second-order valence-electron chi connectivity index (χ2n) is 8.11. The van der Waals surface area contributed by atoms with Crippen LogP contribution >= 0.6 is 0 Å². The molecule has 0 bridgehead atoms. The molecule has 5 nitrogen and oxygen atoms in total. The van der Waals surface area contributed by atoms with Crippen molar-refractivity contribution in [3.8, 4) is 0 Å². The molecule has 5 heteroatoms. The maximum Gasteiger partial charge on any atom is 0.255 e. The van der Waals surface area contributed by atoms with Crippen molar-refractivity contribution in [3.63, 3.8) is 0 Å². The smallest absolute Gasteiger partial charge is 0.255 e. The fraction of sp³-hybridized carbons (Fsp3) is 0.455. The summed E-state index contributed by atoms with van der Waals surface area (Å²) in [4.78, 5) is 21.8. The quantitative estimate of drug-likeness (QED) is 0.895. The Morgan fingerprint density at radius 1 is 1.07 bits per heavy atom. The van der Waals surface area contributed by atoms with Crippen LogP contribution in [0.15, 0.2) is 42.6 Å². The molecule has 0 unspecified atom stereocenters. The van der Waals surface area contributed by atoms with Crippen molar-refractivity contribution in [2.45, 2.75) is 33.1 Å². The standard InChI is InChI=1S/C22H30N4O/c1-5-25-12-14-26(15-13-25)20-16-17(10-11-23-20)21(27)24-19-8-6-18(7-9-19)22(2,3)4/h6-11,16H,5,12-15H2,1-4H3,(H,24,27). The Morgan fingerprint density at radius 2 is 1.74 bits per heavy atom. The molecule has 144 valence electrons. The molecule has 1 aliphatic heterocycles. The Hall–Kier alpha value is -2.40. The molecule has 1 aromatic carbocycles. The topological polar surface area (TPSA) is 48.5 Å². The fourth-order valence-electron chi connectivity index (χ4n) is 3.28. The Kier molecular flexibility index (Phi) is 5.80. The predicted octanol–water partition coefficient (Wildman–Crippen LogP) is 3.77. The Bertz CT molecular complexity index is 772. The number of carbonyl (C=O) groups is 1. The first-order valence-electron chi connectivity index (χ1n) is 9.72. The van der Waals surface area contributed by atoms with Crippen LogP contribution < -0.4 is 10.2 Å². The largest absolute Gasteiger partial charge is 0.354 e. The summed E-state index contributed by atoms with van der Waals surface area (Å²) in [5.41, 5.74) is 2.79. The third-order valence-electron chi connectivity index (χ3n) is 5.16. The van der Waals surface area contributed by atoms with Gasteiger partial charge < -0.3 is 15.1 Å². The molecule has 0 spiro atoms. The van der Waals surface area contributed by atoms with E-state index in [9.17, 15) is 4.79 Å². The summed E-state index contributed by atoms with van der Waals surface area (Å²) in [5.74, 6) is 0.774. The molecule has 3 rings (SSSR count). The Balaban J connectivity index is 1.67. The van der Waals surface area contributed by atoms with Gasteiger partial charge >= 0.3 is 0 Å². The lowest BCUT2D eigenvalue weighted by Gasteiger charge is -2.34. The number of pyridine rings is 1. The Labute approximate surface area is 162 Å². The summed E-state index contributed by atoms with van der Waals surface area (Å²) in [6.07, 6.45) is 1.72. The van der Waals surface area contributed by atoms with E-state index >= 15 is 0 Å². The molecular weight excluding hydrogens is 336 g/mol. The van der Waals surface area contributed by atoms with Crippen LogP contribution in [-0.2, 0) is 5.41 Å². The van der Waals surface area contributed by atoms with Crippen LogP contribution in [-0.4, -0.2) is 48.5 Å². The van der Waals surface area contributed by atoms with Gasteiger partial charge in [0.1, 0.15) is 5.82 Å². The minimum atomic E-state index is -0.102. The van der Waals surface area contributed by atoms with Gasteiger partial charge in [0.15, 0.2) is 0 Å². The number of rotatable bonds is 4. The monoisotopic (exact) mass is 366 g/mol. The van der Waals surface area contributed by atoms with E-state index in [1.807, 2.05) is 18.2 Å². The fourth-order valence-corrected chi connectivity index (χ4v) is 3.28. The van der Waals surface area contributed by atoms with Crippen LogP contribution in [0, 0.1) is 0 Å². The number of carbonyl (C=O) groups excluding carboxylic acids is 1. The lowest BCUT2D eigenvalue weighted by atomic mass is 9.87. The molecule has 1 fully saturated rings. The minimum absolute atomic E-state index is 0.102. The highest BCUT2D eigenvalue weighted by molar-refractivity contribution is 6.04. The van der Waals surface area contributed by atoms with Crippen LogP contribution in [0.25, 0.3) is 0 Å². The number of nitrogens with zero attached hydrogens (tertiary/aromatic N) is 3. The zero-order chi connectivity index (χ0) is 19.4. The molecule has 0 saturated carbocycles. The van der Waals surface area contributed by atoms with E-state index in [2.05, 4.69) is 59.9 Å². The van der Waals surface area contributed by atoms with Gasteiger partial charge in [0.25, 0.3) is 5.91 Å². The average molecular weight is 367 g/mol. The summed E-state index contributed by atoms with van der Waals surface area (Å²) in [6.45, 7) is 13.8. The lowest BCUT2D eigenvalue weighted by molar-refractivity contribution is 0.102. The number of aromatic nitrogens is 1. The Morgan fingerprint density at radius 3 is 2.33 bits per heavy atom. The van der Waals surface area contributed by atoms with Gasteiger partial charge in [-0.25, -0.2) is 4.98 Å². The van der Waals surface area contributed by atoms with E-state index in [-0.39, 0.29) is 11.3 Å². The third-order valence-corrected chi connectivity index (χ3v) is 5.16. The average Bonchev–Trinajstić information content (AvgIpc) is 2.68. The van der Waals surface area contributed by atoms with Gasteiger partial charge in [-0.3, -0.25) is 4.79 Å². The molecule has 2 heterocycles. The van der Waals surface area contributed by atoms with Gasteiger partial charge in [-0.05, 0) is 41.8 Å². The van der Waals surface area contributed by atoms with Crippen LogP contribution in [0.1, 0.15) is 43.6 Å². The highest BCUT2D eigenvalue weighted by Gasteiger charge is 2.18. The number of piperazine rings is 1. The molecular formula is C22H30N4O. The highest BCUT2D eigenvalue weighted by atomic mass is 16.1. The van der Waals surface area contributed by atoms with Crippen molar-refractivity contribution in [2.24, 2.45) is 0 Å². The molecule has 0 radical (unpaired) electrons. The number of nitrogens with one attached hydrogen (secondary N) is 1. The first-order valence-corrected chi connectivity index (χ1v) is 9.72. The third kappa shape index (κ3) is 4.86. The van der Waals surface area contributed by atoms with Crippen LogP contribution in [0.5, 0.6) is 0 Å². The van der Waals surface area contributed by atoms with E-state index in [1.54, 1.807) is 12.3 Å². The van der Waals surface area contributed by atoms with E-state index in [4.69, 9.17) is 0 Å². The number of likely N-dealkylation sites (N-methyl/N-ethyl adjacent to an activating group) is 1. The van der Waals surface area contributed by atoms with Crippen molar-refractivity contribution >= 4 is 17.4 Å². The molecule has 27 heavy (non-hydrogen) atoms. The van der Waals surface area contributed by atoms with Crippen LogP contribution in [0.2, 0.25) is 0 Å². The van der Waals surface area contributed by atoms with E-state index < -0.39 is 0 Å². The molecule has 1 aliphatic rings. The zero-order valence-corrected chi connectivity index (χ0v) is 16.8. The summed E-state index contributed by atoms with van der Waals surface area (Å²) >= 11 is 0. The summed E-state index contributed by atoms with van der Waals surface area (Å²) in [6, 6.07) is 11.7. The number of benzene rings is 1. The molecule has 1 saturated heterocycles. The van der Waals surface area contributed by atoms with Crippen molar-refractivity contribution in [2.75, 3.05) is 42.9 Å². The van der Waals surface area contributed by atoms with Crippen LogP contribution in [0.4, 0.5) is 11.5 Å². The van der Waals surface area contributed by atoms with Crippen molar-refractivity contribution in [3.05, 3.63) is 53.7 Å². The second kappa shape index (κ2) is 8.09. The van der Waals surface area contributed by atoms with Gasteiger partial charge in [-0.1, -0.05) is 39.8 Å². The van der Waals surface area contributed by atoms with Gasteiger partial charge in [-0.15, -0.1) is 0 Å². The molecule has 1 aromatic heterocycles. The van der Waals surface area contributed by atoms with Crippen molar-refractivity contribution in [1.82, 2.24) is 9.88 Å². The summed E-state index contributed by atoms with van der Waals surface area (Å²) in [7, 11) is 0. The molecule has 1 amide bonds. The first-order chi connectivity index (χ1) is 12.9. The summed E-state index contributed by atoms with van der Waals surface area (Å²) in [5, 5.41) is 2.99. The minimum Gasteiger partial charge on any atom is -0.354 e. The molecule has 0 atom stereocenters. The number of anilines is 2. The highest BCUT2D eigenvalue weighted by Crippen LogP contribution is 2.24. The first kappa shape index (κ1) is 19.4.